The van der Waals surface area contributed by atoms with Crippen LogP contribution in [0.4, 0.5) is 4.79 Å². The Morgan fingerprint density at radius 1 is 1.24 bits per heavy atom. The summed E-state index contributed by atoms with van der Waals surface area (Å²) in [5.74, 6) is -0.331. The number of amides is 2. The molecule has 0 aromatic heterocycles. The van der Waals surface area contributed by atoms with E-state index in [1.807, 2.05) is 38.1 Å². The van der Waals surface area contributed by atoms with E-state index in [0.717, 1.165) is 34.4 Å². The summed E-state index contributed by atoms with van der Waals surface area (Å²) in [6, 6.07) is 7.27. The van der Waals surface area contributed by atoms with Crippen molar-refractivity contribution < 1.29 is 23.9 Å². The fraction of sp³-hybridized carbons (Fsp3) is 0.389. The molecule has 1 aromatic carbocycles. The lowest BCUT2D eigenvalue weighted by molar-refractivity contribution is -0.145. The van der Waals surface area contributed by atoms with Gasteiger partial charge in [0.2, 0.25) is 0 Å². The molecule has 0 spiro atoms. The summed E-state index contributed by atoms with van der Waals surface area (Å²) in [6.07, 6.45) is 2.67. The number of nitrogens with zero attached hydrogens (tertiary/aromatic N) is 1. The van der Waals surface area contributed by atoms with E-state index < -0.39 is 17.1 Å². The Morgan fingerprint density at radius 2 is 1.92 bits per heavy atom. The van der Waals surface area contributed by atoms with Gasteiger partial charge in [0.25, 0.3) is 11.1 Å². The van der Waals surface area contributed by atoms with E-state index in [0.29, 0.717) is 0 Å². The quantitative estimate of drug-likeness (QED) is 0.546. The zero-order chi connectivity index (χ0) is 18.4. The SMILES string of the molecule is CCOC(=O)CN1C(=O)S/C(=C/c2ccc(O[C@H](C)CC)cc2)C1=O. The van der Waals surface area contributed by atoms with Crippen molar-refractivity contribution in [1.82, 2.24) is 4.90 Å². The van der Waals surface area contributed by atoms with Crippen LogP contribution in [-0.2, 0) is 14.3 Å². The van der Waals surface area contributed by atoms with Gasteiger partial charge in [-0.05, 0) is 55.8 Å². The second-order valence-corrected chi connectivity index (χ2v) is 6.47. The van der Waals surface area contributed by atoms with Crippen LogP contribution in [0.2, 0.25) is 0 Å². The minimum atomic E-state index is -0.599. The van der Waals surface area contributed by atoms with Crippen LogP contribution in [-0.4, -0.2) is 41.3 Å². The summed E-state index contributed by atoms with van der Waals surface area (Å²) < 4.78 is 10.5. The number of ether oxygens (including phenoxy) is 2. The molecule has 0 aliphatic carbocycles. The third-order valence-corrected chi connectivity index (χ3v) is 4.46. The second kappa shape index (κ2) is 8.71. The molecule has 1 fully saturated rings. The first kappa shape index (κ1) is 19.1. The lowest BCUT2D eigenvalue weighted by Gasteiger charge is -2.12. The van der Waals surface area contributed by atoms with Crippen molar-refractivity contribution in [3.8, 4) is 5.75 Å². The summed E-state index contributed by atoms with van der Waals surface area (Å²) in [6.45, 7) is 5.55. The van der Waals surface area contributed by atoms with Crippen LogP contribution in [0.5, 0.6) is 5.75 Å². The Bertz CT molecular complexity index is 683. The van der Waals surface area contributed by atoms with Crippen molar-refractivity contribution in [1.29, 1.82) is 0 Å². The maximum absolute atomic E-state index is 12.3. The number of thioether (sulfide) groups is 1. The predicted octanol–water partition coefficient (Wildman–Crippen LogP) is 3.46. The van der Waals surface area contributed by atoms with Crippen molar-refractivity contribution in [3.05, 3.63) is 34.7 Å². The monoisotopic (exact) mass is 363 g/mol. The molecular formula is C18H21NO5S. The van der Waals surface area contributed by atoms with Gasteiger partial charge in [0, 0.05) is 0 Å². The molecule has 2 amide bonds. The topological polar surface area (TPSA) is 72.9 Å². The van der Waals surface area contributed by atoms with Gasteiger partial charge in [0.15, 0.2) is 0 Å². The number of benzene rings is 1. The summed E-state index contributed by atoms with van der Waals surface area (Å²) in [4.78, 5) is 36.9. The second-order valence-electron chi connectivity index (χ2n) is 5.48. The highest BCUT2D eigenvalue weighted by atomic mass is 32.2. The first-order valence-corrected chi connectivity index (χ1v) is 8.94. The van der Waals surface area contributed by atoms with Crippen LogP contribution in [0.1, 0.15) is 32.8 Å². The van der Waals surface area contributed by atoms with Crippen LogP contribution in [0.15, 0.2) is 29.2 Å². The van der Waals surface area contributed by atoms with E-state index >= 15 is 0 Å². The maximum Gasteiger partial charge on any atom is 0.326 e. The number of imide groups is 1. The van der Waals surface area contributed by atoms with Gasteiger partial charge < -0.3 is 9.47 Å². The van der Waals surface area contributed by atoms with Gasteiger partial charge in [-0.25, -0.2) is 0 Å². The zero-order valence-corrected chi connectivity index (χ0v) is 15.3. The molecular weight excluding hydrogens is 342 g/mol. The molecule has 25 heavy (non-hydrogen) atoms. The molecule has 6 nitrogen and oxygen atoms in total. The molecule has 1 heterocycles. The molecule has 1 aliphatic heterocycles. The van der Waals surface area contributed by atoms with E-state index in [1.54, 1.807) is 13.0 Å². The van der Waals surface area contributed by atoms with Crippen molar-refractivity contribution in [3.63, 3.8) is 0 Å². The van der Waals surface area contributed by atoms with Gasteiger partial charge in [-0.1, -0.05) is 19.1 Å². The lowest BCUT2D eigenvalue weighted by atomic mass is 10.2. The van der Waals surface area contributed by atoms with Crippen LogP contribution in [0, 0.1) is 0 Å². The fourth-order valence-corrected chi connectivity index (χ4v) is 2.92. The minimum Gasteiger partial charge on any atom is -0.491 e. The molecule has 7 heteroatoms. The molecule has 134 valence electrons. The number of hydrogen-bond acceptors (Lipinski definition) is 6. The molecule has 1 aromatic rings. The van der Waals surface area contributed by atoms with Crippen molar-refractivity contribution in [2.24, 2.45) is 0 Å². The summed E-state index contributed by atoms with van der Waals surface area (Å²) in [5, 5.41) is -0.471. The summed E-state index contributed by atoms with van der Waals surface area (Å²) in [5.41, 5.74) is 0.776. The van der Waals surface area contributed by atoms with Gasteiger partial charge in [0.1, 0.15) is 12.3 Å². The van der Waals surface area contributed by atoms with Gasteiger partial charge in [-0.3, -0.25) is 19.3 Å². The number of rotatable bonds is 7. The molecule has 1 aliphatic rings. The van der Waals surface area contributed by atoms with Crippen LogP contribution in [0.3, 0.4) is 0 Å². The third kappa shape index (κ3) is 5.09. The number of carbonyl (C=O) groups is 3. The van der Waals surface area contributed by atoms with Gasteiger partial charge in [-0.2, -0.15) is 0 Å². The first-order valence-electron chi connectivity index (χ1n) is 8.12. The number of hydrogen-bond donors (Lipinski definition) is 0. The van der Waals surface area contributed by atoms with E-state index in [4.69, 9.17) is 9.47 Å². The highest BCUT2D eigenvalue weighted by molar-refractivity contribution is 8.18. The molecule has 0 unspecified atom stereocenters. The number of esters is 1. The van der Waals surface area contributed by atoms with Crippen LogP contribution >= 0.6 is 11.8 Å². The lowest BCUT2D eigenvalue weighted by Crippen LogP contribution is -2.34. The minimum absolute atomic E-state index is 0.130. The third-order valence-electron chi connectivity index (χ3n) is 3.56. The largest absolute Gasteiger partial charge is 0.491 e. The molecule has 0 N–H and O–H groups in total. The highest BCUT2D eigenvalue weighted by Gasteiger charge is 2.36. The molecule has 2 rings (SSSR count). The Hall–Kier alpha value is -2.28. The van der Waals surface area contributed by atoms with Gasteiger partial charge in [0.05, 0.1) is 17.6 Å². The Morgan fingerprint density at radius 3 is 2.52 bits per heavy atom. The first-order chi connectivity index (χ1) is 11.9. The average molecular weight is 363 g/mol. The van der Waals surface area contributed by atoms with Crippen molar-refractivity contribution in [2.75, 3.05) is 13.2 Å². The molecule has 0 bridgehead atoms. The zero-order valence-electron chi connectivity index (χ0n) is 14.5. The smallest absolute Gasteiger partial charge is 0.326 e. The normalized spacial score (nSPS) is 17.1. The molecule has 0 saturated carbocycles. The average Bonchev–Trinajstić information content (AvgIpc) is 2.84. The maximum atomic E-state index is 12.3. The number of carbonyl (C=O) groups excluding carboxylic acids is 3. The Kier molecular flexibility index (Phi) is 6.64. The Labute approximate surface area is 151 Å². The standard InChI is InChI=1S/C18H21NO5S/c1-4-12(3)24-14-8-6-13(7-9-14)10-15-17(21)19(18(22)25-15)11-16(20)23-5-2/h6-10,12H,4-5,11H2,1-3H3/b15-10+/t12-/m1/s1. The molecule has 0 radical (unpaired) electrons. The van der Waals surface area contributed by atoms with Crippen LogP contribution in [0.25, 0.3) is 6.08 Å². The van der Waals surface area contributed by atoms with E-state index in [9.17, 15) is 14.4 Å². The van der Waals surface area contributed by atoms with Gasteiger partial charge in [-0.15, -0.1) is 0 Å². The van der Waals surface area contributed by atoms with E-state index in [2.05, 4.69) is 0 Å². The van der Waals surface area contributed by atoms with E-state index in [1.165, 1.54) is 0 Å². The molecule has 1 saturated heterocycles. The Balaban J connectivity index is 2.07. The van der Waals surface area contributed by atoms with Gasteiger partial charge >= 0.3 is 5.97 Å². The van der Waals surface area contributed by atoms with Crippen LogP contribution < -0.4 is 4.74 Å². The predicted molar refractivity (Wildman–Crippen MR) is 96.1 cm³/mol. The summed E-state index contributed by atoms with van der Waals surface area (Å²) >= 11 is 0.815. The molecule has 1 atom stereocenters. The summed E-state index contributed by atoms with van der Waals surface area (Å²) in [7, 11) is 0. The van der Waals surface area contributed by atoms with E-state index in [-0.39, 0.29) is 24.2 Å². The highest BCUT2D eigenvalue weighted by Crippen LogP contribution is 2.32. The fourth-order valence-electron chi connectivity index (χ4n) is 2.08. The van der Waals surface area contributed by atoms with Crippen molar-refractivity contribution in [2.45, 2.75) is 33.3 Å². The van der Waals surface area contributed by atoms with Crippen molar-refractivity contribution >= 4 is 35.0 Å².